The number of benzene rings is 1. The van der Waals surface area contributed by atoms with Gasteiger partial charge in [-0.2, -0.15) is 4.98 Å². The Morgan fingerprint density at radius 1 is 1.22 bits per heavy atom. The number of hydrogen-bond acceptors (Lipinski definition) is 5. The normalized spacial score (nSPS) is 10.1. The molecule has 2 aromatic rings. The monoisotopic (exact) mass is 245 g/mol. The molecule has 0 spiro atoms. The summed E-state index contributed by atoms with van der Waals surface area (Å²) in [5.74, 6) is 1.91. The first-order chi connectivity index (χ1) is 8.70. The molecule has 18 heavy (non-hydrogen) atoms. The highest BCUT2D eigenvalue weighted by Crippen LogP contribution is 2.31. The van der Waals surface area contributed by atoms with E-state index in [0.29, 0.717) is 24.0 Å². The third-order valence-corrected chi connectivity index (χ3v) is 2.30. The number of aromatic nitrogens is 2. The van der Waals surface area contributed by atoms with Gasteiger partial charge in [0, 0.05) is 11.8 Å². The van der Waals surface area contributed by atoms with Crippen molar-refractivity contribution in [2.24, 2.45) is 0 Å². The van der Waals surface area contributed by atoms with Crippen molar-refractivity contribution in [2.75, 3.05) is 12.3 Å². The molecule has 0 amide bonds. The first kappa shape index (κ1) is 12.2. The van der Waals surface area contributed by atoms with E-state index in [0.717, 1.165) is 5.56 Å². The van der Waals surface area contributed by atoms with E-state index in [4.69, 9.17) is 15.2 Å². The van der Waals surface area contributed by atoms with Gasteiger partial charge in [-0.15, -0.1) is 0 Å². The summed E-state index contributed by atoms with van der Waals surface area (Å²) in [5, 5.41) is 0. The lowest BCUT2D eigenvalue weighted by atomic mass is 10.3. The number of nitrogen functional groups attached to an aromatic ring is 1. The number of nitrogens with two attached hydrogens (primary N) is 1. The number of para-hydroxylation sites is 2. The average molecular weight is 245 g/mol. The lowest BCUT2D eigenvalue weighted by molar-refractivity contribution is 0.319. The Balaban J connectivity index is 2.30. The van der Waals surface area contributed by atoms with Crippen LogP contribution in [0.25, 0.3) is 0 Å². The minimum absolute atomic E-state index is 0.185. The van der Waals surface area contributed by atoms with Gasteiger partial charge in [0.2, 0.25) is 11.8 Å². The molecule has 0 aliphatic carbocycles. The molecule has 2 N–H and O–H groups in total. The Bertz CT molecular complexity index is 544. The quantitative estimate of drug-likeness (QED) is 0.896. The molecular formula is C13H15N3O2. The maximum Gasteiger partial charge on any atom is 0.227 e. The fourth-order valence-electron chi connectivity index (χ4n) is 1.46. The minimum atomic E-state index is 0.185. The van der Waals surface area contributed by atoms with Crippen LogP contribution in [0, 0.1) is 6.92 Å². The highest BCUT2D eigenvalue weighted by Gasteiger charge is 2.09. The van der Waals surface area contributed by atoms with Crippen LogP contribution in [0.1, 0.15) is 12.5 Å². The summed E-state index contributed by atoms with van der Waals surface area (Å²) >= 11 is 0. The van der Waals surface area contributed by atoms with Crippen LogP contribution in [0.4, 0.5) is 5.95 Å². The van der Waals surface area contributed by atoms with Gasteiger partial charge >= 0.3 is 0 Å². The van der Waals surface area contributed by atoms with Crippen LogP contribution in [-0.2, 0) is 0 Å². The Hall–Kier alpha value is -2.30. The number of ether oxygens (including phenoxy) is 2. The molecule has 0 aliphatic heterocycles. The SMILES string of the molecule is CCOc1ccccc1Oc1nc(N)ncc1C. The second kappa shape index (κ2) is 5.35. The van der Waals surface area contributed by atoms with Crippen molar-refractivity contribution in [3.05, 3.63) is 36.0 Å². The Morgan fingerprint density at radius 2 is 1.94 bits per heavy atom. The summed E-state index contributed by atoms with van der Waals surface area (Å²) in [5.41, 5.74) is 6.36. The lowest BCUT2D eigenvalue weighted by Gasteiger charge is -2.11. The molecule has 5 heteroatoms. The van der Waals surface area contributed by atoms with Crippen LogP contribution in [0.2, 0.25) is 0 Å². The van der Waals surface area contributed by atoms with Gasteiger partial charge < -0.3 is 15.2 Å². The van der Waals surface area contributed by atoms with Crippen LogP contribution in [0.15, 0.2) is 30.5 Å². The standard InChI is InChI=1S/C13H15N3O2/c1-3-17-10-6-4-5-7-11(10)18-12-9(2)8-15-13(14)16-12/h4-8H,3H2,1-2H3,(H2,14,15,16). The molecule has 0 atom stereocenters. The van der Waals surface area contributed by atoms with Crippen molar-refractivity contribution in [3.63, 3.8) is 0 Å². The van der Waals surface area contributed by atoms with E-state index in [2.05, 4.69) is 9.97 Å². The van der Waals surface area contributed by atoms with E-state index in [1.165, 1.54) is 0 Å². The van der Waals surface area contributed by atoms with Crippen molar-refractivity contribution >= 4 is 5.95 Å². The van der Waals surface area contributed by atoms with E-state index < -0.39 is 0 Å². The molecule has 0 fully saturated rings. The van der Waals surface area contributed by atoms with Crippen molar-refractivity contribution in [1.29, 1.82) is 0 Å². The smallest absolute Gasteiger partial charge is 0.227 e. The van der Waals surface area contributed by atoms with Gasteiger partial charge in [0.05, 0.1) is 6.61 Å². The molecule has 0 bridgehead atoms. The zero-order valence-corrected chi connectivity index (χ0v) is 10.4. The molecule has 2 rings (SSSR count). The highest BCUT2D eigenvalue weighted by atomic mass is 16.5. The van der Waals surface area contributed by atoms with Gasteiger partial charge in [0.15, 0.2) is 11.5 Å². The minimum Gasteiger partial charge on any atom is -0.490 e. The van der Waals surface area contributed by atoms with E-state index in [1.54, 1.807) is 6.20 Å². The van der Waals surface area contributed by atoms with Gasteiger partial charge in [-0.25, -0.2) is 4.98 Å². The van der Waals surface area contributed by atoms with Gasteiger partial charge in [-0.3, -0.25) is 0 Å². The van der Waals surface area contributed by atoms with E-state index >= 15 is 0 Å². The van der Waals surface area contributed by atoms with E-state index in [9.17, 15) is 0 Å². The summed E-state index contributed by atoms with van der Waals surface area (Å²) < 4.78 is 11.2. The summed E-state index contributed by atoms with van der Waals surface area (Å²) in [4.78, 5) is 7.95. The summed E-state index contributed by atoms with van der Waals surface area (Å²) in [6.45, 7) is 4.36. The zero-order valence-electron chi connectivity index (χ0n) is 10.4. The maximum absolute atomic E-state index is 5.72. The molecule has 1 aromatic carbocycles. The molecule has 0 aliphatic rings. The van der Waals surface area contributed by atoms with Crippen molar-refractivity contribution < 1.29 is 9.47 Å². The predicted molar refractivity (Wildman–Crippen MR) is 68.9 cm³/mol. The van der Waals surface area contributed by atoms with Crippen molar-refractivity contribution in [2.45, 2.75) is 13.8 Å². The lowest BCUT2D eigenvalue weighted by Crippen LogP contribution is -2.00. The van der Waals surface area contributed by atoms with Crippen LogP contribution < -0.4 is 15.2 Å². The summed E-state index contributed by atoms with van der Waals surface area (Å²) in [7, 11) is 0. The summed E-state index contributed by atoms with van der Waals surface area (Å²) in [6.07, 6.45) is 1.63. The number of hydrogen-bond donors (Lipinski definition) is 1. The topological polar surface area (TPSA) is 70.3 Å². The fraction of sp³-hybridized carbons (Fsp3) is 0.231. The zero-order chi connectivity index (χ0) is 13.0. The van der Waals surface area contributed by atoms with Gasteiger partial charge in [0.1, 0.15) is 0 Å². The Labute approximate surface area is 106 Å². The first-order valence-corrected chi connectivity index (χ1v) is 5.69. The van der Waals surface area contributed by atoms with Crippen molar-refractivity contribution in [3.8, 4) is 17.4 Å². The molecule has 1 heterocycles. The number of rotatable bonds is 4. The second-order valence-corrected chi connectivity index (χ2v) is 3.70. The number of aryl methyl sites for hydroxylation is 1. The molecule has 0 unspecified atom stereocenters. The van der Waals surface area contributed by atoms with Crippen LogP contribution in [0.3, 0.4) is 0 Å². The van der Waals surface area contributed by atoms with Gasteiger partial charge in [0.25, 0.3) is 0 Å². The number of anilines is 1. The fourth-order valence-corrected chi connectivity index (χ4v) is 1.46. The molecule has 0 saturated carbocycles. The van der Waals surface area contributed by atoms with Crippen LogP contribution >= 0.6 is 0 Å². The van der Waals surface area contributed by atoms with E-state index in [-0.39, 0.29) is 5.95 Å². The first-order valence-electron chi connectivity index (χ1n) is 5.69. The molecule has 94 valence electrons. The average Bonchev–Trinajstić information content (AvgIpc) is 2.36. The molecule has 5 nitrogen and oxygen atoms in total. The largest absolute Gasteiger partial charge is 0.490 e. The third kappa shape index (κ3) is 2.68. The summed E-state index contributed by atoms with van der Waals surface area (Å²) in [6, 6.07) is 7.43. The Kier molecular flexibility index (Phi) is 3.62. The third-order valence-electron chi connectivity index (χ3n) is 2.30. The Morgan fingerprint density at radius 3 is 2.67 bits per heavy atom. The number of nitrogens with zero attached hydrogens (tertiary/aromatic N) is 2. The van der Waals surface area contributed by atoms with Gasteiger partial charge in [-0.1, -0.05) is 12.1 Å². The predicted octanol–water partition coefficient (Wildman–Crippen LogP) is 2.56. The highest BCUT2D eigenvalue weighted by molar-refractivity contribution is 5.43. The van der Waals surface area contributed by atoms with Crippen LogP contribution in [0.5, 0.6) is 17.4 Å². The van der Waals surface area contributed by atoms with Gasteiger partial charge in [-0.05, 0) is 26.0 Å². The van der Waals surface area contributed by atoms with Crippen molar-refractivity contribution in [1.82, 2.24) is 9.97 Å². The second-order valence-electron chi connectivity index (χ2n) is 3.70. The molecule has 1 aromatic heterocycles. The maximum atomic E-state index is 5.72. The molecule has 0 radical (unpaired) electrons. The molecular weight excluding hydrogens is 230 g/mol. The van der Waals surface area contributed by atoms with Crippen LogP contribution in [-0.4, -0.2) is 16.6 Å². The molecule has 0 saturated heterocycles. The van der Waals surface area contributed by atoms with E-state index in [1.807, 2.05) is 38.1 Å².